The largest absolute Gasteiger partial charge is 0.494 e. The van der Waals surface area contributed by atoms with Gasteiger partial charge in [0.2, 0.25) is 15.9 Å². The Morgan fingerprint density at radius 3 is 2.21 bits per heavy atom. The van der Waals surface area contributed by atoms with E-state index in [2.05, 4.69) is 16.2 Å². The van der Waals surface area contributed by atoms with Crippen molar-refractivity contribution in [2.24, 2.45) is 0 Å². The predicted molar refractivity (Wildman–Crippen MR) is 134 cm³/mol. The summed E-state index contributed by atoms with van der Waals surface area (Å²) in [5.41, 5.74) is 7.82. The first-order chi connectivity index (χ1) is 16.2. The SMILES string of the molecule is CCOc1ccc(OCC)c(NC(=O)CN(c2ccc(C)cc2)S(=O)(=O)C2C(C)NNC2C)c1. The smallest absolute Gasteiger partial charge is 0.245 e. The van der Waals surface area contributed by atoms with Crippen LogP contribution in [0.25, 0.3) is 0 Å². The fraction of sp³-hybridized carbons (Fsp3) is 0.458. The van der Waals surface area contributed by atoms with Crippen LogP contribution in [0.15, 0.2) is 42.5 Å². The lowest BCUT2D eigenvalue weighted by Crippen LogP contribution is -2.49. The van der Waals surface area contributed by atoms with Gasteiger partial charge < -0.3 is 14.8 Å². The number of nitrogens with zero attached hydrogens (tertiary/aromatic N) is 1. The van der Waals surface area contributed by atoms with Crippen LogP contribution in [0.1, 0.15) is 33.3 Å². The van der Waals surface area contributed by atoms with Gasteiger partial charge in [0.25, 0.3) is 0 Å². The highest BCUT2D eigenvalue weighted by atomic mass is 32.2. The number of amides is 1. The summed E-state index contributed by atoms with van der Waals surface area (Å²) in [7, 11) is -3.90. The third-order valence-electron chi connectivity index (χ3n) is 5.62. The summed E-state index contributed by atoms with van der Waals surface area (Å²) in [6, 6.07) is 11.6. The third kappa shape index (κ3) is 5.81. The molecular formula is C24H34N4O5S. The number of aryl methyl sites for hydroxylation is 1. The van der Waals surface area contributed by atoms with Gasteiger partial charge in [0, 0.05) is 18.2 Å². The Labute approximate surface area is 201 Å². The van der Waals surface area contributed by atoms with Crippen LogP contribution in [0.2, 0.25) is 0 Å². The number of anilines is 2. The molecule has 3 N–H and O–H groups in total. The van der Waals surface area contributed by atoms with Gasteiger partial charge in [-0.2, -0.15) is 0 Å². The molecule has 34 heavy (non-hydrogen) atoms. The van der Waals surface area contributed by atoms with E-state index in [-0.39, 0.29) is 18.6 Å². The molecule has 2 unspecified atom stereocenters. The number of carbonyl (C=O) groups excluding carboxylic acids is 1. The van der Waals surface area contributed by atoms with E-state index >= 15 is 0 Å². The average Bonchev–Trinajstić information content (AvgIpc) is 3.13. The van der Waals surface area contributed by atoms with E-state index in [1.165, 1.54) is 4.31 Å². The van der Waals surface area contributed by atoms with E-state index in [0.717, 1.165) is 5.56 Å². The van der Waals surface area contributed by atoms with Crippen molar-refractivity contribution in [3.63, 3.8) is 0 Å². The molecule has 2 atom stereocenters. The topological polar surface area (TPSA) is 109 Å². The highest BCUT2D eigenvalue weighted by Crippen LogP contribution is 2.30. The minimum Gasteiger partial charge on any atom is -0.494 e. The summed E-state index contributed by atoms with van der Waals surface area (Å²) >= 11 is 0. The summed E-state index contributed by atoms with van der Waals surface area (Å²) in [5, 5.41) is 2.06. The van der Waals surface area contributed by atoms with Crippen LogP contribution in [0.5, 0.6) is 11.5 Å². The Hall–Kier alpha value is -2.82. The van der Waals surface area contributed by atoms with Gasteiger partial charge in [-0.25, -0.2) is 8.42 Å². The number of benzene rings is 2. The Balaban J connectivity index is 1.92. The minimum absolute atomic E-state index is 0.330. The molecule has 9 nitrogen and oxygen atoms in total. The van der Waals surface area contributed by atoms with Crippen molar-refractivity contribution < 1.29 is 22.7 Å². The molecule has 0 aliphatic carbocycles. The molecule has 1 amide bonds. The van der Waals surface area contributed by atoms with Crippen molar-refractivity contribution in [2.75, 3.05) is 29.4 Å². The van der Waals surface area contributed by atoms with Crippen LogP contribution < -0.4 is 29.9 Å². The fourth-order valence-corrected chi connectivity index (χ4v) is 6.20. The van der Waals surface area contributed by atoms with Crippen molar-refractivity contribution in [3.8, 4) is 11.5 Å². The second kappa shape index (κ2) is 11.1. The maximum atomic E-state index is 13.8. The molecular weight excluding hydrogens is 456 g/mol. The fourth-order valence-electron chi connectivity index (χ4n) is 4.03. The quantitative estimate of drug-likeness (QED) is 0.470. The third-order valence-corrected chi connectivity index (χ3v) is 8.08. The van der Waals surface area contributed by atoms with Crippen LogP contribution in [-0.2, 0) is 14.8 Å². The second-order valence-corrected chi connectivity index (χ2v) is 10.3. The van der Waals surface area contributed by atoms with Crippen LogP contribution >= 0.6 is 0 Å². The number of nitrogens with one attached hydrogen (secondary N) is 3. The Morgan fingerprint density at radius 2 is 1.62 bits per heavy atom. The van der Waals surface area contributed by atoms with Crippen molar-refractivity contribution >= 4 is 27.3 Å². The molecule has 186 valence electrons. The number of carbonyl (C=O) groups is 1. The van der Waals surface area contributed by atoms with Gasteiger partial charge >= 0.3 is 0 Å². The molecule has 1 fully saturated rings. The van der Waals surface area contributed by atoms with Crippen LogP contribution in [0, 0.1) is 6.92 Å². The van der Waals surface area contributed by atoms with E-state index in [1.54, 1.807) is 44.2 Å². The highest BCUT2D eigenvalue weighted by molar-refractivity contribution is 7.93. The Kier molecular flexibility index (Phi) is 8.40. The van der Waals surface area contributed by atoms with Gasteiger partial charge in [-0.05, 0) is 58.9 Å². The number of rotatable bonds is 10. The molecule has 1 heterocycles. The van der Waals surface area contributed by atoms with Crippen molar-refractivity contribution in [3.05, 3.63) is 48.0 Å². The molecule has 0 aromatic heterocycles. The zero-order valence-electron chi connectivity index (χ0n) is 20.3. The summed E-state index contributed by atoms with van der Waals surface area (Å²) < 4.78 is 39.9. The van der Waals surface area contributed by atoms with Crippen molar-refractivity contribution in [2.45, 2.75) is 52.0 Å². The first-order valence-corrected chi connectivity index (χ1v) is 13.0. The molecule has 1 saturated heterocycles. The first-order valence-electron chi connectivity index (χ1n) is 11.5. The molecule has 0 radical (unpaired) electrons. The van der Waals surface area contributed by atoms with Crippen LogP contribution in [0.4, 0.5) is 11.4 Å². The number of sulfonamides is 1. The molecule has 0 bridgehead atoms. The van der Waals surface area contributed by atoms with Crippen molar-refractivity contribution in [1.82, 2.24) is 10.9 Å². The van der Waals surface area contributed by atoms with Gasteiger partial charge in [0.1, 0.15) is 23.3 Å². The van der Waals surface area contributed by atoms with E-state index in [0.29, 0.717) is 36.1 Å². The average molecular weight is 491 g/mol. The zero-order chi connectivity index (χ0) is 24.9. The summed E-state index contributed by atoms with van der Waals surface area (Å²) in [6.45, 7) is 9.75. The Bertz CT molecular complexity index is 1080. The number of hydrazine groups is 1. The number of hydrogen-bond donors (Lipinski definition) is 3. The monoisotopic (exact) mass is 490 g/mol. The van der Waals surface area contributed by atoms with Crippen molar-refractivity contribution in [1.29, 1.82) is 0 Å². The van der Waals surface area contributed by atoms with Gasteiger partial charge in [0.15, 0.2) is 0 Å². The summed E-state index contributed by atoms with van der Waals surface area (Å²) in [4.78, 5) is 13.2. The summed E-state index contributed by atoms with van der Waals surface area (Å²) in [5.74, 6) is 0.573. The molecule has 2 aromatic rings. The Morgan fingerprint density at radius 1 is 1.00 bits per heavy atom. The van der Waals surface area contributed by atoms with Crippen LogP contribution in [-0.4, -0.2) is 51.4 Å². The minimum atomic E-state index is -3.90. The van der Waals surface area contributed by atoms with Gasteiger partial charge in [-0.1, -0.05) is 17.7 Å². The van der Waals surface area contributed by atoms with E-state index in [4.69, 9.17) is 9.47 Å². The molecule has 3 rings (SSSR count). The maximum Gasteiger partial charge on any atom is 0.245 e. The molecule has 10 heteroatoms. The van der Waals surface area contributed by atoms with Gasteiger partial charge in [-0.15, -0.1) is 0 Å². The van der Waals surface area contributed by atoms with Crippen LogP contribution in [0.3, 0.4) is 0 Å². The maximum absolute atomic E-state index is 13.8. The second-order valence-electron chi connectivity index (χ2n) is 8.29. The lowest BCUT2D eigenvalue weighted by molar-refractivity contribution is -0.114. The highest BCUT2D eigenvalue weighted by Gasteiger charge is 2.44. The zero-order valence-corrected chi connectivity index (χ0v) is 21.1. The normalized spacial score (nSPS) is 20.1. The number of hydrogen-bond acceptors (Lipinski definition) is 7. The molecule has 0 spiro atoms. The lowest BCUT2D eigenvalue weighted by atomic mass is 10.2. The number of ether oxygens (including phenoxy) is 2. The standard InChI is InChI=1S/C24H34N4O5S/c1-6-32-20-12-13-22(33-7-2)21(14-20)25-23(29)15-28(19-10-8-16(3)9-11-19)34(30,31)24-17(4)26-27-18(24)5/h8-14,17-18,24,26-27H,6-7,15H2,1-5H3,(H,25,29). The molecule has 2 aromatic carbocycles. The van der Waals surface area contributed by atoms with Gasteiger partial charge in [-0.3, -0.25) is 20.0 Å². The van der Waals surface area contributed by atoms with E-state index in [1.807, 2.05) is 32.9 Å². The molecule has 1 aliphatic heterocycles. The molecule has 1 aliphatic rings. The molecule has 0 saturated carbocycles. The lowest BCUT2D eigenvalue weighted by Gasteiger charge is -2.30. The van der Waals surface area contributed by atoms with E-state index < -0.39 is 21.2 Å². The van der Waals surface area contributed by atoms with E-state index in [9.17, 15) is 13.2 Å². The van der Waals surface area contributed by atoms with Gasteiger partial charge in [0.05, 0.1) is 24.6 Å². The summed E-state index contributed by atoms with van der Waals surface area (Å²) in [6.07, 6.45) is 0. The first kappa shape index (κ1) is 25.8. The predicted octanol–water partition coefficient (Wildman–Crippen LogP) is 2.82.